The normalized spacial score (nSPS) is 11.5. The van der Waals surface area contributed by atoms with Crippen molar-refractivity contribution in [1.82, 2.24) is 14.8 Å². The second-order valence-electron chi connectivity index (χ2n) is 10.9. The summed E-state index contributed by atoms with van der Waals surface area (Å²) in [4.78, 5) is 0. The highest BCUT2D eigenvalue weighted by Gasteiger charge is 2.19. The Balaban J connectivity index is 1.35. The number of aromatic nitrogens is 3. The van der Waals surface area contributed by atoms with Crippen molar-refractivity contribution in [3.63, 3.8) is 0 Å². The van der Waals surface area contributed by atoms with Gasteiger partial charge in [0.2, 0.25) is 0 Å². The minimum atomic E-state index is 0.809. The molecule has 0 amide bonds. The number of para-hydroxylation sites is 1. The van der Waals surface area contributed by atoms with Crippen LogP contribution >= 0.6 is 0 Å². The first-order valence-electron chi connectivity index (χ1n) is 14.9. The highest BCUT2D eigenvalue weighted by molar-refractivity contribution is 6.10. The van der Waals surface area contributed by atoms with E-state index in [-0.39, 0.29) is 0 Å². The number of nitrogens with zero attached hydrogens (tertiary/aromatic N) is 3. The molecule has 0 saturated heterocycles. The molecule has 0 aliphatic heterocycles. The smallest absolute Gasteiger partial charge is 0.168 e. The Labute approximate surface area is 246 Å². The van der Waals surface area contributed by atoms with E-state index >= 15 is 0 Å². The van der Waals surface area contributed by atoms with Crippen molar-refractivity contribution >= 4 is 21.9 Å². The summed E-state index contributed by atoms with van der Waals surface area (Å²) in [5, 5.41) is 11.7. The van der Waals surface area contributed by atoms with Crippen LogP contribution in [0, 0.1) is 0 Å². The standard InChI is InChI=1S/C38H33N3O/c1-3-11-26-17-22-35-33(23-26)34-25-27(12-4-2)24-32(36(34)42-35)28-18-20-30(21-19-28)38-40-39-37(29-13-7-5-8-14-29)41(38)31-15-9-6-10-16-31/h5-10,13-25H,3-4,11-12H2,1-2H3. The second-order valence-corrected chi connectivity index (χ2v) is 10.9. The SMILES string of the molecule is CCCc1ccc2oc3c(-c4ccc(-c5nnc(-c6ccccc6)n5-c5ccccc5)cc4)cc(CCC)cc3c2c1. The highest BCUT2D eigenvalue weighted by atomic mass is 16.3. The zero-order valence-corrected chi connectivity index (χ0v) is 24.0. The van der Waals surface area contributed by atoms with Gasteiger partial charge in [-0.15, -0.1) is 10.2 Å². The first-order valence-corrected chi connectivity index (χ1v) is 14.9. The number of hydrogen-bond acceptors (Lipinski definition) is 3. The molecule has 0 saturated carbocycles. The molecule has 42 heavy (non-hydrogen) atoms. The fourth-order valence-corrected chi connectivity index (χ4v) is 5.94. The molecule has 0 unspecified atom stereocenters. The zero-order chi connectivity index (χ0) is 28.5. The van der Waals surface area contributed by atoms with Gasteiger partial charge >= 0.3 is 0 Å². The number of fused-ring (bicyclic) bond motifs is 3. The van der Waals surface area contributed by atoms with E-state index in [1.54, 1.807) is 0 Å². The first-order chi connectivity index (χ1) is 20.7. The van der Waals surface area contributed by atoms with Gasteiger partial charge in [-0.2, -0.15) is 0 Å². The van der Waals surface area contributed by atoms with Gasteiger partial charge in [0, 0.05) is 33.2 Å². The van der Waals surface area contributed by atoms with Crippen LogP contribution in [0.25, 0.3) is 61.5 Å². The Kier molecular flexibility index (Phi) is 6.89. The lowest BCUT2D eigenvalue weighted by atomic mass is 9.96. The zero-order valence-electron chi connectivity index (χ0n) is 24.0. The quantitative estimate of drug-likeness (QED) is 0.190. The van der Waals surface area contributed by atoms with Gasteiger partial charge in [-0.05, 0) is 65.9 Å². The lowest BCUT2D eigenvalue weighted by molar-refractivity contribution is 0.669. The van der Waals surface area contributed by atoms with Gasteiger partial charge in [-0.25, -0.2) is 0 Å². The number of furan rings is 1. The number of aryl methyl sites for hydroxylation is 2. The maximum atomic E-state index is 6.52. The third-order valence-corrected chi connectivity index (χ3v) is 7.94. The van der Waals surface area contributed by atoms with Gasteiger partial charge in [-0.1, -0.05) is 106 Å². The molecule has 206 valence electrons. The van der Waals surface area contributed by atoms with Gasteiger partial charge in [0.1, 0.15) is 11.2 Å². The molecule has 0 atom stereocenters. The summed E-state index contributed by atoms with van der Waals surface area (Å²) in [7, 11) is 0. The van der Waals surface area contributed by atoms with Gasteiger partial charge < -0.3 is 4.42 Å². The molecule has 2 aromatic heterocycles. The van der Waals surface area contributed by atoms with Crippen LogP contribution in [0.4, 0.5) is 0 Å². The van der Waals surface area contributed by atoms with Crippen LogP contribution in [0.1, 0.15) is 37.8 Å². The summed E-state index contributed by atoms with van der Waals surface area (Å²) >= 11 is 0. The summed E-state index contributed by atoms with van der Waals surface area (Å²) in [5.41, 5.74) is 9.91. The van der Waals surface area contributed by atoms with Crippen LogP contribution in [0.2, 0.25) is 0 Å². The van der Waals surface area contributed by atoms with Crippen LogP contribution in [0.3, 0.4) is 0 Å². The Bertz CT molecular complexity index is 1980. The van der Waals surface area contributed by atoms with Gasteiger partial charge in [-0.3, -0.25) is 4.57 Å². The lowest BCUT2D eigenvalue weighted by Crippen LogP contribution is -2.00. The van der Waals surface area contributed by atoms with E-state index < -0.39 is 0 Å². The number of rotatable bonds is 8. The van der Waals surface area contributed by atoms with E-state index in [0.29, 0.717) is 0 Å². The van der Waals surface area contributed by atoms with Crippen LogP contribution in [0.5, 0.6) is 0 Å². The fraction of sp³-hybridized carbons (Fsp3) is 0.158. The second kappa shape index (κ2) is 11.1. The van der Waals surface area contributed by atoms with Crippen molar-refractivity contribution in [3.05, 3.63) is 126 Å². The minimum absolute atomic E-state index is 0.809. The summed E-state index contributed by atoms with van der Waals surface area (Å²) < 4.78 is 8.66. The molecule has 0 aliphatic rings. The van der Waals surface area contributed by atoms with Gasteiger partial charge in [0.15, 0.2) is 11.6 Å². The molecule has 0 spiro atoms. The third kappa shape index (κ3) is 4.69. The molecular formula is C38H33N3O. The van der Waals surface area contributed by atoms with Gasteiger partial charge in [0.25, 0.3) is 0 Å². The maximum absolute atomic E-state index is 6.52. The molecule has 7 rings (SSSR count). The van der Waals surface area contributed by atoms with Crippen LogP contribution < -0.4 is 0 Å². The fourth-order valence-electron chi connectivity index (χ4n) is 5.94. The molecule has 0 radical (unpaired) electrons. The van der Waals surface area contributed by atoms with Crippen molar-refractivity contribution in [2.45, 2.75) is 39.5 Å². The van der Waals surface area contributed by atoms with Crippen LogP contribution in [-0.2, 0) is 12.8 Å². The van der Waals surface area contributed by atoms with E-state index in [1.807, 2.05) is 36.4 Å². The summed E-state index contributed by atoms with van der Waals surface area (Å²) in [6.45, 7) is 4.46. The molecule has 0 aliphatic carbocycles. The molecule has 7 aromatic rings. The molecule has 4 nitrogen and oxygen atoms in total. The van der Waals surface area contributed by atoms with Crippen molar-refractivity contribution < 1.29 is 4.42 Å². The van der Waals surface area contributed by atoms with E-state index in [1.165, 1.54) is 21.9 Å². The minimum Gasteiger partial charge on any atom is -0.455 e. The summed E-state index contributed by atoms with van der Waals surface area (Å²) in [6, 6.07) is 40.5. The van der Waals surface area contributed by atoms with Crippen molar-refractivity contribution in [2.24, 2.45) is 0 Å². The Morgan fingerprint density at radius 3 is 1.86 bits per heavy atom. The van der Waals surface area contributed by atoms with Crippen LogP contribution in [-0.4, -0.2) is 14.8 Å². The predicted octanol–water partition coefficient (Wildman–Crippen LogP) is 10.1. The Morgan fingerprint density at radius 1 is 0.571 bits per heavy atom. The number of hydrogen-bond donors (Lipinski definition) is 0. The topological polar surface area (TPSA) is 43.9 Å². The molecule has 0 bridgehead atoms. The summed E-state index contributed by atoms with van der Waals surface area (Å²) in [6.07, 6.45) is 4.33. The van der Waals surface area contributed by atoms with E-state index in [2.05, 4.69) is 107 Å². The van der Waals surface area contributed by atoms with E-state index in [0.717, 1.165) is 76.4 Å². The Hall–Kier alpha value is -4.96. The third-order valence-electron chi connectivity index (χ3n) is 7.94. The van der Waals surface area contributed by atoms with E-state index in [9.17, 15) is 0 Å². The lowest BCUT2D eigenvalue weighted by Gasteiger charge is -2.12. The van der Waals surface area contributed by atoms with E-state index in [4.69, 9.17) is 4.42 Å². The molecule has 0 fully saturated rings. The molecule has 5 aromatic carbocycles. The monoisotopic (exact) mass is 547 g/mol. The van der Waals surface area contributed by atoms with Crippen molar-refractivity contribution in [1.29, 1.82) is 0 Å². The summed E-state index contributed by atoms with van der Waals surface area (Å²) in [5.74, 6) is 1.63. The van der Waals surface area contributed by atoms with Gasteiger partial charge in [0.05, 0.1) is 0 Å². The molecule has 2 heterocycles. The van der Waals surface area contributed by atoms with Crippen molar-refractivity contribution in [2.75, 3.05) is 0 Å². The van der Waals surface area contributed by atoms with Crippen molar-refractivity contribution in [3.8, 4) is 39.6 Å². The highest BCUT2D eigenvalue weighted by Crippen LogP contribution is 2.38. The molecule has 0 N–H and O–H groups in total. The Morgan fingerprint density at radius 2 is 1.17 bits per heavy atom. The molecular weight excluding hydrogens is 514 g/mol. The average molecular weight is 548 g/mol. The maximum Gasteiger partial charge on any atom is 0.168 e. The first kappa shape index (κ1) is 26.0. The predicted molar refractivity (Wildman–Crippen MR) is 173 cm³/mol. The largest absolute Gasteiger partial charge is 0.455 e. The number of benzene rings is 5. The molecule has 4 heteroatoms. The van der Waals surface area contributed by atoms with Crippen LogP contribution in [0.15, 0.2) is 120 Å². The average Bonchev–Trinajstić information content (AvgIpc) is 3.64.